The van der Waals surface area contributed by atoms with Crippen LogP contribution in [-0.2, 0) is 5.75 Å². The largest absolute Gasteiger partial charge is 0.497 e. The third kappa shape index (κ3) is 4.09. The van der Waals surface area contributed by atoms with Crippen molar-refractivity contribution in [1.82, 2.24) is 19.7 Å². The molecule has 0 aliphatic carbocycles. The molecule has 0 saturated heterocycles. The van der Waals surface area contributed by atoms with E-state index in [9.17, 15) is 0 Å². The van der Waals surface area contributed by atoms with Gasteiger partial charge in [-0.15, -0.1) is 10.2 Å². The summed E-state index contributed by atoms with van der Waals surface area (Å²) in [6.45, 7) is 0. The van der Waals surface area contributed by atoms with Crippen molar-refractivity contribution in [3.8, 4) is 28.6 Å². The molecular weight excluding hydrogens is 384 g/mol. The molecule has 6 nitrogen and oxygen atoms in total. The van der Waals surface area contributed by atoms with Gasteiger partial charge >= 0.3 is 0 Å². The van der Waals surface area contributed by atoms with Gasteiger partial charge in [-0.2, -0.15) is 0 Å². The highest BCUT2D eigenvalue weighted by Gasteiger charge is 2.19. The Hall–Kier alpha value is -3.32. The fraction of sp³-hybridized carbons (Fsp3) is 0.136. The number of pyridine rings is 1. The van der Waals surface area contributed by atoms with Gasteiger partial charge in [0.1, 0.15) is 11.5 Å². The number of aromatic nitrogens is 4. The Labute approximate surface area is 173 Å². The normalized spacial score (nSPS) is 10.7. The van der Waals surface area contributed by atoms with Gasteiger partial charge in [0.15, 0.2) is 11.0 Å². The summed E-state index contributed by atoms with van der Waals surface area (Å²) in [5, 5.41) is 9.73. The lowest BCUT2D eigenvalue weighted by Gasteiger charge is -2.13. The molecule has 0 amide bonds. The Morgan fingerprint density at radius 3 is 2.38 bits per heavy atom. The van der Waals surface area contributed by atoms with Crippen LogP contribution in [0.5, 0.6) is 11.5 Å². The molecule has 0 fully saturated rings. The molecule has 0 N–H and O–H groups in total. The van der Waals surface area contributed by atoms with Crippen LogP contribution >= 0.6 is 11.8 Å². The summed E-state index contributed by atoms with van der Waals surface area (Å²) in [4.78, 5) is 4.40. The van der Waals surface area contributed by atoms with E-state index < -0.39 is 0 Å². The fourth-order valence-electron chi connectivity index (χ4n) is 2.95. The van der Waals surface area contributed by atoms with Gasteiger partial charge in [0.2, 0.25) is 0 Å². The van der Waals surface area contributed by atoms with Crippen molar-refractivity contribution in [2.75, 3.05) is 14.2 Å². The van der Waals surface area contributed by atoms with Crippen LogP contribution in [0, 0.1) is 0 Å². The molecule has 2 aromatic heterocycles. The second kappa shape index (κ2) is 8.79. The summed E-state index contributed by atoms with van der Waals surface area (Å²) in [7, 11) is 3.31. The second-order valence-electron chi connectivity index (χ2n) is 6.15. The van der Waals surface area contributed by atoms with Crippen LogP contribution in [0.3, 0.4) is 0 Å². The minimum absolute atomic E-state index is 0.695. The van der Waals surface area contributed by atoms with Crippen LogP contribution in [0.25, 0.3) is 17.1 Å². The number of benzene rings is 2. The summed E-state index contributed by atoms with van der Waals surface area (Å²) < 4.78 is 12.9. The molecule has 2 aromatic carbocycles. The van der Waals surface area contributed by atoms with E-state index in [0.29, 0.717) is 5.75 Å². The van der Waals surface area contributed by atoms with Crippen molar-refractivity contribution in [3.63, 3.8) is 0 Å². The lowest BCUT2D eigenvalue weighted by atomic mass is 10.2. The predicted molar refractivity (Wildman–Crippen MR) is 114 cm³/mol. The van der Waals surface area contributed by atoms with Gasteiger partial charge in [-0.05, 0) is 48.5 Å². The summed E-state index contributed by atoms with van der Waals surface area (Å²) in [6.07, 6.45) is 1.80. The molecule has 0 unspecified atom stereocenters. The summed E-state index contributed by atoms with van der Waals surface area (Å²) in [5.74, 6) is 2.96. The zero-order valence-corrected chi connectivity index (χ0v) is 17.0. The molecular formula is C22H20N4O2S. The minimum atomic E-state index is 0.695. The first kappa shape index (κ1) is 19.0. The van der Waals surface area contributed by atoms with Gasteiger partial charge in [0.25, 0.3) is 0 Å². The molecule has 2 heterocycles. The van der Waals surface area contributed by atoms with Crippen molar-refractivity contribution in [3.05, 3.63) is 78.6 Å². The lowest BCUT2D eigenvalue weighted by molar-refractivity contribution is 0.414. The highest BCUT2D eigenvalue weighted by molar-refractivity contribution is 7.98. The van der Waals surface area contributed by atoms with Gasteiger partial charge in [-0.3, -0.25) is 9.55 Å². The Kier molecular flexibility index (Phi) is 5.76. The maximum atomic E-state index is 5.55. The van der Waals surface area contributed by atoms with Crippen LogP contribution in [0.1, 0.15) is 5.69 Å². The first-order valence-electron chi connectivity index (χ1n) is 9.06. The molecule has 0 spiro atoms. The molecule has 0 saturated carbocycles. The van der Waals surface area contributed by atoms with Crippen LogP contribution in [0.15, 0.2) is 78.1 Å². The van der Waals surface area contributed by atoms with Crippen LogP contribution in [0.2, 0.25) is 0 Å². The van der Waals surface area contributed by atoms with Crippen molar-refractivity contribution in [1.29, 1.82) is 0 Å². The topological polar surface area (TPSA) is 62.1 Å². The zero-order chi connectivity index (χ0) is 20.1. The molecule has 0 aliphatic heterocycles. The van der Waals surface area contributed by atoms with E-state index in [1.54, 1.807) is 32.2 Å². The van der Waals surface area contributed by atoms with E-state index in [-0.39, 0.29) is 0 Å². The average molecular weight is 404 g/mol. The Balaban J connectivity index is 1.77. The number of methoxy groups -OCH3 is 2. The number of hydrogen-bond acceptors (Lipinski definition) is 6. The Bertz CT molecular complexity index is 1080. The molecule has 7 heteroatoms. The summed E-state index contributed by atoms with van der Waals surface area (Å²) >= 11 is 1.59. The number of nitrogens with zero attached hydrogens (tertiary/aromatic N) is 4. The van der Waals surface area contributed by atoms with Gasteiger partial charge in [-0.1, -0.05) is 30.0 Å². The molecule has 0 bridgehead atoms. The number of rotatable bonds is 7. The molecule has 0 radical (unpaired) electrons. The zero-order valence-electron chi connectivity index (χ0n) is 16.1. The predicted octanol–water partition coefficient (Wildman–Crippen LogP) is 4.64. The van der Waals surface area contributed by atoms with Gasteiger partial charge in [0, 0.05) is 11.9 Å². The number of ether oxygens (including phenoxy) is 2. The standard InChI is InChI=1S/C22H20N4O2S/c1-27-18-12-10-17(11-13-18)26-21(19-8-3-4-9-20(19)28-2)24-25-22(26)29-15-16-7-5-6-14-23-16/h3-14H,15H2,1-2H3. The average Bonchev–Trinajstić information content (AvgIpc) is 3.22. The maximum absolute atomic E-state index is 5.55. The fourth-order valence-corrected chi connectivity index (χ4v) is 3.82. The van der Waals surface area contributed by atoms with Gasteiger partial charge < -0.3 is 9.47 Å². The Morgan fingerprint density at radius 1 is 0.862 bits per heavy atom. The minimum Gasteiger partial charge on any atom is -0.497 e. The summed E-state index contributed by atoms with van der Waals surface area (Å²) in [5.41, 5.74) is 2.81. The van der Waals surface area contributed by atoms with Crippen molar-refractivity contribution in [2.45, 2.75) is 10.9 Å². The van der Waals surface area contributed by atoms with E-state index in [1.165, 1.54) is 0 Å². The number of thioether (sulfide) groups is 1. The third-order valence-corrected chi connectivity index (χ3v) is 5.35. The highest BCUT2D eigenvalue weighted by Crippen LogP contribution is 2.34. The quantitative estimate of drug-likeness (QED) is 0.418. The van der Waals surface area contributed by atoms with E-state index in [0.717, 1.165) is 39.4 Å². The highest BCUT2D eigenvalue weighted by atomic mass is 32.2. The molecule has 0 atom stereocenters. The molecule has 146 valence electrons. The molecule has 0 aliphatic rings. The number of para-hydroxylation sites is 1. The van der Waals surface area contributed by atoms with Crippen molar-refractivity contribution in [2.24, 2.45) is 0 Å². The van der Waals surface area contributed by atoms with Crippen LogP contribution < -0.4 is 9.47 Å². The first-order valence-corrected chi connectivity index (χ1v) is 10.0. The third-order valence-electron chi connectivity index (χ3n) is 4.39. The Morgan fingerprint density at radius 2 is 1.66 bits per heavy atom. The van der Waals surface area contributed by atoms with E-state index >= 15 is 0 Å². The van der Waals surface area contributed by atoms with E-state index in [1.807, 2.05) is 71.3 Å². The smallest absolute Gasteiger partial charge is 0.196 e. The van der Waals surface area contributed by atoms with E-state index in [4.69, 9.17) is 9.47 Å². The molecule has 4 rings (SSSR count). The SMILES string of the molecule is COc1ccc(-n2c(SCc3ccccn3)nnc2-c2ccccc2OC)cc1. The van der Waals surface area contributed by atoms with Crippen molar-refractivity contribution < 1.29 is 9.47 Å². The van der Waals surface area contributed by atoms with Crippen LogP contribution in [0.4, 0.5) is 0 Å². The summed E-state index contributed by atoms with van der Waals surface area (Å²) in [6, 6.07) is 21.5. The first-order chi connectivity index (χ1) is 14.3. The van der Waals surface area contributed by atoms with E-state index in [2.05, 4.69) is 15.2 Å². The lowest BCUT2D eigenvalue weighted by Crippen LogP contribution is -2.01. The van der Waals surface area contributed by atoms with Gasteiger partial charge in [-0.25, -0.2) is 0 Å². The van der Waals surface area contributed by atoms with Gasteiger partial charge in [0.05, 0.1) is 31.2 Å². The molecule has 29 heavy (non-hydrogen) atoms. The monoisotopic (exact) mass is 404 g/mol. The van der Waals surface area contributed by atoms with Crippen molar-refractivity contribution >= 4 is 11.8 Å². The molecule has 4 aromatic rings. The van der Waals surface area contributed by atoms with Crippen LogP contribution in [-0.4, -0.2) is 34.0 Å². The second-order valence-corrected chi connectivity index (χ2v) is 7.09. The maximum Gasteiger partial charge on any atom is 0.196 e. The number of hydrogen-bond donors (Lipinski definition) is 0.